The summed E-state index contributed by atoms with van der Waals surface area (Å²) in [5.74, 6) is 1.24. The number of esters is 1. The van der Waals surface area contributed by atoms with E-state index >= 15 is 0 Å². The molecule has 1 unspecified atom stereocenters. The molecule has 1 atom stereocenters. The zero-order valence-corrected chi connectivity index (χ0v) is 14.8. The van der Waals surface area contributed by atoms with Crippen LogP contribution in [0.4, 0.5) is 0 Å². The average Bonchev–Trinajstić information content (AvgIpc) is 2.95. The summed E-state index contributed by atoms with van der Waals surface area (Å²) in [7, 11) is 4.68. The highest BCUT2D eigenvalue weighted by atomic mass is 16.6. The Balaban J connectivity index is 1.85. The van der Waals surface area contributed by atoms with Crippen molar-refractivity contribution in [3.05, 3.63) is 59.4 Å². The molecule has 1 N–H and O–H groups in total. The zero-order chi connectivity index (χ0) is 18.7. The number of methoxy groups -OCH3 is 3. The Morgan fingerprint density at radius 3 is 2.27 bits per heavy atom. The van der Waals surface area contributed by atoms with E-state index in [1.54, 1.807) is 57.7 Å². The number of benzene rings is 2. The Morgan fingerprint density at radius 2 is 1.65 bits per heavy atom. The smallest absolute Gasteiger partial charge is 0.343 e. The summed E-state index contributed by atoms with van der Waals surface area (Å²) in [5, 5.41) is 10.5. The van der Waals surface area contributed by atoms with Crippen LogP contribution in [0.2, 0.25) is 0 Å². The molecule has 6 heteroatoms. The lowest BCUT2D eigenvalue weighted by atomic mass is 10.0. The topological polar surface area (TPSA) is 74.2 Å². The third-order valence-electron chi connectivity index (χ3n) is 4.26. The molecule has 2 aromatic carbocycles. The predicted octanol–water partition coefficient (Wildman–Crippen LogP) is 3.15. The van der Waals surface area contributed by atoms with Crippen LogP contribution in [-0.4, -0.2) is 38.5 Å². The van der Waals surface area contributed by atoms with Gasteiger partial charge in [0.2, 0.25) is 0 Å². The van der Waals surface area contributed by atoms with Gasteiger partial charge in [0.15, 0.2) is 17.6 Å². The molecule has 0 fully saturated rings. The molecule has 0 aromatic heterocycles. The van der Waals surface area contributed by atoms with Crippen LogP contribution in [0.25, 0.3) is 5.57 Å². The number of aliphatic hydroxyl groups excluding tert-OH is 1. The Labute approximate surface area is 151 Å². The first-order valence-electron chi connectivity index (χ1n) is 8.06. The minimum atomic E-state index is -0.738. The third kappa shape index (κ3) is 3.31. The lowest BCUT2D eigenvalue weighted by Crippen LogP contribution is -2.15. The Kier molecular flexibility index (Phi) is 5.02. The van der Waals surface area contributed by atoms with Gasteiger partial charge in [-0.2, -0.15) is 0 Å². The summed E-state index contributed by atoms with van der Waals surface area (Å²) in [4.78, 5) is 12.2. The molecule has 6 nitrogen and oxygen atoms in total. The summed E-state index contributed by atoms with van der Waals surface area (Å²) >= 11 is 0. The van der Waals surface area contributed by atoms with Gasteiger partial charge < -0.3 is 24.1 Å². The Morgan fingerprint density at radius 1 is 0.962 bits per heavy atom. The van der Waals surface area contributed by atoms with Gasteiger partial charge in [0.05, 0.1) is 21.3 Å². The van der Waals surface area contributed by atoms with Gasteiger partial charge in [-0.05, 0) is 35.4 Å². The van der Waals surface area contributed by atoms with Gasteiger partial charge in [-0.3, -0.25) is 0 Å². The molecule has 3 rings (SSSR count). The highest BCUT2D eigenvalue weighted by Gasteiger charge is 2.35. The predicted molar refractivity (Wildman–Crippen MR) is 95.7 cm³/mol. The number of rotatable bonds is 6. The summed E-state index contributed by atoms with van der Waals surface area (Å²) in [6.07, 6.45) is -0.407. The number of hydrogen-bond donors (Lipinski definition) is 1. The van der Waals surface area contributed by atoms with Crippen LogP contribution >= 0.6 is 0 Å². The van der Waals surface area contributed by atoms with Gasteiger partial charge in [0, 0.05) is 6.42 Å². The van der Waals surface area contributed by atoms with E-state index in [2.05, 4.69) is 0 Å². The minimum absolute atomic E-state index is 0.0741. The molecule has 1 heterocycles. The van der Waals surface area contributed by atoms with Gasteiger partial charge in [-0.25, -0.2) is 4.79 Å². The Hall–Kier alpha value is -3.15. The number of carbonyl (C=O) groups is 1. The van der Waals surface area contributed by atoms with Crippen molar-refractivity contribution >= 4 is 11.5 Å². The lowest BCUT2D eigenvalue weighted by Gasteiger charge is -2.13. The van der Waals surface area contributed by atoms with Crippen LogP contribution in [-0.2, 0) is 16.0 Å². The third-order valence-corrected chi connectivity index (χ3v) is 4.26. The summed E-state index contributed by atoms with van der Waals surface area (Å²) < 4.78 is 21.0. The van der Waals surface area contributed by atoms with E-state index in [4.69, 9.17) is 18.9 Å². The first-order chi connectivity index (χ1) is 12.6. The second-order valence-electron chi connectivity index (χ2n) is 5.78. The molecule has 1 aliphatic heterocycles. The summed E-state index contributed by atoms with van der Waals surface area (Å²) in [6.45, 7) is 0. The summed E-state index contributed by atoms with van der Waals surface area (Å²) in [6, 6.07) is 12.3. The van der Waals surface area contributed by atoms with Crippen LogP contribution in [0.5, 0.6) is 17.2 Å². The van der Waals surface area contributed by atoms with Crippen molar-refractivity contribution < 1.29 is 28.8 Å². The maximum atomic E-state index is 12.2. The maximum absolute atomic E-state index is 12.2. The molecular weight excluding hydrogens is 336 g/mol. The fourth-order valence-corrected chi connectivity index (χ4v) is 2.89. The number of ether oxygens (including phenoxy) is 4. The number of hydrogen-bond acceptors (Lipinski definition) is 6. The van der Waals surface area contributed by atoms with Crippen LogP contribution in [0, 0.1) is 0 Å². The second kappa shape index (κ2) is 7.39. The number of aliphatic hydroxyl groups is 1. The average molecular weight is 356 g/mol. The molecule has 0 amide bonds. The quantitative estimate of drug-likeness (QED) is 0.802. The van der Waals surface area contributed by atoms with E-state index in [1.165, 1.54) is 0 Å². The van der Waals surface area contributed by atoms with Crippen molar-refractivity contribution in [3.63, 3.8) is 0 Å². The lowest BCUT2D eigenvalue weighted by molar-refractivity contribution is -0.138. The SMILES string of the molecule is COc1ccc(C2=C(O)C(Cc3ccc(OC)c(OC)c3)OC2=O)cc1. The maximum Gasteiger partial charge on any atom is 0.343 e. The molecule has 136 valence electrons. The van der Waals surface area contributed by atoms with E-state index in [0.717, 1.165) is 5.56 Å². The molecule has 1 aliphatic rings. The highest BCUT2D eigenvalue weighted by molar-refractivity contribution is 6.19. The highest BCUT2D eigenvalue weighted by Crippen LogP contribution is 2.33. The van der Waals surface area contributed by atoms with Crippen molar-refractivity contribution in [1.29, 1.82) is 0 Å². The fraction of sp³-hybridized carbons (Fsp3) is 0.250. The molecule has 0 radical (unpaired) electrons. The Bertz CT molecular complexity index is 838. The van der Waals surface area contributed by atoms with E-state index in [-0.39, 0.29) is 11.3 Å². The van der Waals surface area contributed by atoms with E-state index in [0.29, 0.717) is 29.2 Å². The van der Waals surface area contributed by atoms with Gasteiger partial charge >= 0.3 is 5.97 Å². The number of carbonyl (C=O) groups excluding carboxylic acids is 1. The van der Waals surface area contributed by atoms with E-state index in [1.807, 2.05) is 6.07 Å². The standard InChI is InChI=1S/C20H20O6/c1-23-14-7-5-13(6-8-14)18-19(21)17(26-20(18)22)11-12-4-9-15(24-2)16(10-12)25-3/h4-10,17,21H,11H2,1-3H3. The van der Waals surface area contributed by atoms with Crippen molar-refractivity contribution in [2.45, 2.75) is 12.5 Å². The molecular formula is C20H20O6. The molecule has 0 saturated heterocycles. The van der Waals surface area contributed by atoms with Crippen LogP contribution in [0.15, 0.2) is 48.2 Å². The molecule has 26 heavy (non-hydrogen) atoms. The molecule has 0 bridgehead atoms. The van der Waals surface area contributed by atoms with Gasteiger partial charge in [-0.15, -0.1) is 0 Å². The zero-order valence-electron chi connectivity index (χ0n) is 14.8. The van der Waals surface area contributed by atoms with Crippen LogP contribution < -0.4 is 14.2 Å². The first-order valence-corrected chi connectivity index (χ1v) is 8.06. The molecule has 0 spiro atoms. The second-order valence-corrected chi connectivity index (χ2v) is 5.78. The largest absolute Gasteiger partial charge is 0.507 e. The van der Waals surface area contributed by atoms with Crippen LogP contribution in [0.3, 0.4) is 0 Å². The van der Waals surface area contributed by atoms with Crippen molar-refractivity contribution in [3.8, 4) is 17.2 Å². The first kappa shape index (κ1) is 17.7. The van der Waals surface area contributed by atoms with Crippen LogP contribution in [0.1, 0.15) is 11.1 Å². The number of cyclic esters (lactones) is 1. The van der Waals surface area contributed by atoms with Crippen molar-refractivity contribution in [2.24, 2.45) is 0 Å². The molecule has 2 aromatic rings. The van der Waals surface area contributed by atoms with Crippen molar-refractivity contribution in [1.82, 2.24) is 0 Å². The fourth-order valence-electron chi connectivity index (χ4n) is 2.89. The van der Waals surface area contributed by atoms with E-state index < -0.39 is 12.1 Å². The van der Waals surface area contributed by atoms with Gasteiger partial charge in [0.25, 0.3) is 0 Å². The molecule has 0 saturated carbocycles. The normalized spacial score (nSPS) is 16.4. The summed E-state index contributed by atoms with van der Waals surface area (Å²) in [5.41, 5.74) is 1.62. The van der Waals surface area contributed by atoms with Crippen molar-refractivity contribution in [2.75, 3.05) is 21.3 Å². The van der Waals surface area contributed by atoms with Gasteiger partial charge in [-0.1, -0.05) is 18.2 Å². The minimum Gasteiger partial charge on any atom is -0.507 e. The van der Waals surface area contributed by atoms with Gasteiger partial charge in [0.1, 0.15) is 17.1 Å². The van der Waals surface area contributed by atoms with E-state index in [9.17, 15) is 9.90 Å². The molecule has 0 aliphatic carbocycles. The monoisotopic (exact) mass is 356 g/mol.